The van der Waals surface area contributed by atoms with E-state index in [0.717, 1.165) is 18.8 Å². The van der Waals surface area contributed by atoms with Gasteiger partial charge in [-0.3, -0.25) is 0 Å². The molecule has 2 atom stereocenters. The molecule has 106 valence electrons. The molecule has 2 unspecified atom stereocenters. The minimum absolute atomic E-state index is 0.309. The number of rotatable bonds is 5. The molecule has 0 saturated carbocycles. The van der Waals surface area contributed by atoms with Crippen LogP contribution in [-0.4, -0.2) is 26.2 Å². The number of hydrogen-bond acceptors (Lipinski definition) is 3. The molecule has 1 aromatic carbocycles. The van der Waals surface area contributed by atoms with Crippen LogP contribution >= 0.6 is 0 Å². The van der Waals surface area contributed by atoms with Crippen molar-refractivity contribution in [3.63, 3.8) is 0 Å². The van der Waals surface area contributed by atoms with Crippen LogP contribution in [0.1, 0.15) is 45.2 Å². The third-order valence-corrected chi connectivity index (χ3v) is 4.07. The van der Waals surface area contributed by atoms with Crippen molar-refractivity contribution < 1.29 is 4.74 Å². The largest absolute Gasteiger partial charge is 0.496 e. The first kappa shape index (κ1) is 14.2. The van der Waals surface area contributed by atoms with Crippen molar-refractivity contribution in [2.45, 2.75) is 45.7 Å². The molecule has 2 rings (SSSR count). The van der Waals surface area contributed by atoms with Crippen LogP contribution < -0.4 is 15.0 Å². The van der Waals surface area contributed by atoms with Gasteiger partial charge in [-0.1, -0.05) is 13.0 Å². The van der Waals surface area contributed by atoms with Gasteiger partial charge in [0, 0.05) is 29.9 Å². The summed E-state index contributed by atoms with van der Waals surface area (Å²) in [5, 5.41) is 3.51. The van der Waals surface area contributed by atoms with Crippen molar-refractivity contribution in [2.75, 3.05) is 25.1 Å². The monoisotopic (exact) mass is 262 g/mol. The van der Waals surface area contributed by atoms with Gasteiger partial charge in [-0.05, 0) is 45.4 Å². The molecule has 1 N–H and O–H groups in total. The minimum Gasteiger partial charge on any atom is -0.496 e. The van der Waals surface area contributed by atoms with Crippen molar-refractivity contribution >= 4 is 5.69 Å². The van der Waals surface area contributed by atoms with Crippen molar-refractivity contribution in [3.8, 4) is 5.75 Å². The molecule has 0 aliphatic carbocycles. The topological polar surface area (TPSA) is 24.5 Å². The molecule has 0 spiro atoms. The lowest BCUT2D eigenvalue weighted by Crippen LogP contribution is -2.29. The summed E-state index contributed by atoms with van der Waals surface area (Å²) in [4.78, 5) is 2.52. The Hall–Kier alpha value is -1.22. The average Bonchev–Trinajstić information content (AvgIpc) is 2.84. The highest BCUT2D eigenvalue weighted by molar-refractivity contribution is 5.61. The Morgan fingerprint density at radius 3 is 2.84 bits per heavy atom. The van der Waals surface area contributed by atoms with Crippen molar-refractivity contribution in [2.24, 2.45) is 0 Å². The van der Waals surface area contributed by atoms with Crippen LogP contribution in [0.4, 0.5) is 5.69 Å². The maximum Gasteiger partial charge on any atom is 0.125 e. The van der Waals surface area contributed by atoms with Gasteiger partial charge < -0.3 is 15.0 Å². The first-order chi connectivity index (χ1) is 9.19. The Kier molecular flexibility index (Phi) is 4.70. The quantitative estimate of drug-likeness (QED) is 0.880. The smallest absolute Gasteiger partial charge is 0.125 e. The van der Waals surface area contributed by atoms with Crippen LogP contribution in [0.3, 0.4) is 0 Å². The zero-order valence-electron chi connectivity index (χ0n) is 12.6. The fourth-order valence-corrected chi connectivity index (χ4v) is 3.10. The van der Waals surface area contributed by atoms with Crippen LogP contribution in [-0.2, 0) is 0 Å². The molecule has 1 aliphatic heterocycles. The molecule has 1 fully saturated rings. The van der Waals surface area contributed by atoms with Crippen molar-refractivity contribution in [3.05, 3.63) is 23.8 Å². The van der Waals surface area contributed by atoms with Gasteiger partial charge in [0.2, 0.25) is 0 Å². The van der Waals surface area contributed by atoms with E-state index in [2.05, 4.69) is 49.2 Å². The van der Waals surface area contributed by atoms with Gasteiger partial charge in [0.25, 0.3) is 0 Å². The Morgan fingerprint density at radius 1 is 1.47 bits per heavy atom. The number of anilines is 1. The van der Waals surface area contributed by atoms with E-state index >= 15 is 0 Å². The van der Waals surface area contributed by atoms with E-state index in [1.807, 2.05) is 0 Å². The van der Waals surface area contributed by atoms with Gasteiger partial charge in [-0.2, -0.15) is 0 Å². The number of benzene rings is 1. The highest BCUT2D eigenvalue weighted by Gasteiger charge is 2.25. The molecule has 0 radical (unpaired) electrons. The predicted octanol–water partition coefficient (Wildman–Crippen LogP) is 3.35. The summed E-state index contributed by atoms with van der Waals surface area (Å²) < 4.78 is 5.58. The second-order valence-electron chi connectivity index (χ2n) is 5.36. The molecule has 3 nitrogen and oxygen atoms in total. The lowest BCUT2D eigenvalue weighted by Gasteiger charge is -2.29. The third-order valence-electron chi connectivity index (χ3n) is 4.07. The molecule has 0 amide bonds. The molecule has 19 heavy (non-hydrogen) atoms. The molecule has 1 saturated heterocycles. The standard InChI is InChI=1S/C16H26N2O/c1-5-17-13(3)16-14(9-6-10-15(16)19-4)18-11-7-8-12(18)2/h6,9-10,12-13,17H,5,7-8,11H2,1-4H3. The van der Waals surface area contributed by atoms with Crippen LogP contribution in [0, 0.1) is 0 Å². The van der Waals surface area contributed by atoms with Gasteiger partial charge in [-0.15, -0.1) is 0 Å². The van der Waals surface area contributed by atoms with E-state index in [1.165, 1.54) is 24.1 Å². The first-order valence-corrected chi connectivity index (χ1v) is 7.36. The van der Waals surface area contributed by atoms with E-state index < -0.39 is 0 Å². The van der Waals surface area contributed by atoms with E-state index in [0.29, 0.717) is 12.1 Å². The molecule has 1 aromatic rings. The summed E-state index contributed by atoms with van der Waals surface area (Å²) >= 11 is 0. The molecular formula is C16H26N2O. The Bertz CT molecular complexity index is 419. The second-order valence-corrected chi connectivity index (χ2v) is 5.36. The summed E-state index contributed by atoms with van der Waals surface area (Å²) in [7, 11) is 1.76. The van der Waals surface area contributed by atoms with Gasteiger partial charge in [0.1, 0.15) is 5.75 Å². The van der Waals surface area contributed by atoms with Gasteiger partial charge >= 0.3 is 0 Å². The minimum atomic E-state index is 0.309. The summed E-state index contributed by atoms with van der Waals surface area (Å²) in [5.41, 5.74) is 2.62. The predicted molar refractivity (Wildman–Crippen MR) is 81.1 cm³/mol. The van der Waals surface area contributed by atoms with E-state index in [1.54, 1.807) is 7.11 Å². The summed E-state index contributed by atoms with van der Waals surface area (Å²) in [6.45, 7) is 8.79. The number of hydrogen-bond donors (Lipinski definition) is 1. The number of nitrogens with zero attached hydrogens (tertiary/aromatic N) is 1. The molecule has 0 bridgehead atoms. The highest BCUT2D eigenvalue weighted by Crippen LogP contribution is 2.37. The van der Waals surface area contributed by atoms with Crippen LogP contribution in [0.25, 0.3) is 0 Å². The number of ether oxygens (including phenoxy) is 1. The van der Waals surface area contributed by atoms with E-state index in [4.69, 9.17) is 4.74 Å². The molecule has 1 heterocycles. The van der Waals surface area contributed by atoms with E-state index in [9.17, 15) is 0 Å². The zero-order valence-corrected chi connectivity index (χ0v) is 12.6. The van der Waals surface area contributed by atoms with Gasteiger partial charge in [0.05, 0.1) is 7.11 Å². The number of nitrogens with one attached hydrogen (secondary N) is 1. The maximum atomic E-state index is 5.58. The lowest BCUT2D eigenvalue weighted by atomic mass is 10.0. The normalized spacial score (nSPS) is 20.6. The summed E-state index contributed by atoms with van der Waals surface area (Å²) in [5.74, 6) is 0.991. The lowest BCUT2D eigenvalue weighted by molar-refractivity contribution is 0.402. The first-order valence-electron chi connectivity index (χ1n) is 7.36. The Morgan fingerprint density at radius 2 is 2.26 bits per heavy atom. The number of methoxy groups -OCH3 is 1. The Balaban J connectivity index is 2.41. The molecule has 0 aromatic heterocycles. The molecular weight excluding hydrogens is 236 g/mol. The highest BCUT2D eigenvalue weighted by atomic mass is 16.5. The fraction of sp³-hybridized carbons (Fsp3) is 0.625. The zero-order chi connectivity index (χ0) is 13.8. The van der Waals surface area contributed by atoms with Crippen molar-refractivity contribution in [1.82, 2.24) is 5.32 Å². The van der Waals surface area contributed by atoms with Crippen molar-refractivity contribution in [1.29, 1.82) is 0 Å². The third kappa shape index (κ3) is 2.86. The molecule has 1 aliphatic rings. The summed E-state index contributed by atoms with van der Waals surface area (Å²) in [6.07, 6.45) is 2.57. The van der Waals surface area contributed by atoms with Crippen LogP contribution in [0.2, 0.25) is 0 Å². The second kappa shape index (κ2) is 6.29. The van der Waals surface area contributed by atoms with Crippen LogP contribution in [0.15, 0.2) is 18.2 Å². The molecule has 3 heteroatoms. The van der Waals surface area contributed by atoms with E-state index in [-0.39, 0.29) is 0 Å². The SMILES string of the molecule is CCNC(C)c1c(OC)cccc1N1CCCC1C. The van der Waals surface area contributed by atoms with Crippen LogP contribution in [0.5, 0.6) is 5.75 Å². The average molecular weight is 262 g/mol. The fourth-order valence-electron chi connectivity index (χ4n) is 3.10. The van der Waals surface area contributed by atoms with Gasteiger partial charge in [-0.25, -0.2) is 0 Å². The summed E-state index contributed by atoms with van der Waals surface area (Å²) in [6, 6.07) is 7.33. The maximum absolute atomic E-state index is 5.58. The van der Waals surface area contributed by atoms with Gasteiger partial charge in [0.15, 0.2) is 0 Å². The Labute approximate surface area is 116 Å².